The van der Waals surface area contributed by atoms with Gasteiger partial charge in [-0.2, -0.15) is 16.1 Å². The lowest BCUT2D eigenvalue weighted by molar-refractivity contribution is 0.404. The van der Waals surface area contributed by atoms with Crippen molar-refractivity contribution in [3.63, 3.8) is 0 Å². The first kappa shape index (κ1) is 15.6. The minimum atomic E-state index is -3.41. The first-order valence-corrected chi connectivity index (χ1v) is 9.94. The Balaban J connectivity index is 2.39. The Bertz CT molecular complexity index is 545. The molecular weight excluding hydrogens is 322 g/mol. The van der Waals surface area contributed by atoms with Crippen LogP contribution in [0.3, 0.4) is 0 Å². The number of thioether (sulfide) groups is 1. The maximum absolute atomic E-state index is 12.8. The second-order valence-corrected chi connectivity index (χ2v) is 9.87. The number of rotatable bonds is 3. The van der Waals surface area contributed by atoms with Crippen molar-refractivity contribution in [2.75, 3.05) is 13.1 Å². The Morgan fingerprint density at radius 2 is 1.95 bits per heavy atom. The fourth-order valence-corrected chi connectivity index (χ4v) is 7.52. The minimum absolute atomic E-state index is 0.251. The molecule has 1 aliphatic heterocycles. The number of hydrogen-bond donors (Lipinski definition) is 0. The van der Waals surface area contributed by atoms with E-state index in [1.165, 1.54) is 11.3 Å². The van der Waals surface area contributed by atoms with Crippen molar-refractivity contribution in [2.45, 2.75) is 42.0 Å². The number of hydrogen-bond acceptors (Lipinski definition) is 4. The number of halogens is 1. The maximum Gasteiger partial charge on any atom is 0.244 e. The summed E-state index contributed by atoms with van der Waals surface area (Å²) in [5.74, 6) is 0.251. The topological polar surface area (TPSA) is 37.4 Å². The van der Waals surface area contributed by atoms with E-state index in [1.807, 2.05) is 24.1 Å². The van der Waals surface area contributed by atoms with E-state index in [4.69, 9.17) is 11.6 Å². The van der Waals surface area contributed by atoms with E-state index in [0.717, 1.165) is 10.4 Å². The lowest BCUT2D eigenvalue weighted by atomic mass is 10.3. The van der Waals surface area contributed by atoms with Crippen LogP contribution in [0.4, 0.5) is 0 Å². The summed E-state index contributed by atoms with van der Waals surface area (Å²) >= 11 is 9.14. The molecule has 1 saturated heterocycles. The highest BCUT2D eigenvalue weighted by atomic mass is 35.5. The molecular formula is C12H18ClNO2S3. The van der Waals surface area contributed by atoms with Crippen LogP contribution in [0.2, 0.25) is 0 Å². The smallest absolute Gasteiger partial charge is 0.207 e. The fraction of sp³-hybridized carbons (Fsp3) is 0.667. The van der Waals surface area contributed by atoms with Crippen molar-refractivity contribution < 1.29 is 8.42 Å². The zero-order chi connectivity index (χ0) is 14.2. The third-order valence-electron chi connectivity index (χ3n) is 3.09. The van der Waals surface area contributed by atoms with Gasteiger partial charge in [-0.05, 0) is 17.9 Å². The van der Waals surface area contributed by atoms with Crippen LogP contribution in [-0.2, 0) is 15.9 Å². The van der Waals surface area contributed by atoms with E-state index < -0.39 is 10.0 Å². The van der Waals surface area contributed by atoms with Crippen LogP contribution in [-0.4, -0.2) is 36.3 Å². The zero-order valence-corrected chi connectivity index (χ0v) is 14.4. The molecule has 2 heterocycles. The second-order valence-electron chi connectivity index (χ2n) is 4.88. The van der Waals surface area contributed by atoms with E-state index in [-0.39, 0.29) is 5.88 Å². The lowest BCUT2D eigenvalue weighted by Gasteiger charge is -2.33. The van der Waals surface area contributed by atoms with Gasteiger partial charge in [0.15, 0.2) is 0 Å². The number of thiophene rings is 1. The predicted molar refractivity (Wildman–Crippen MR) is 83.9 cm³/mol. The molecule has 0 saturated carbocycles. The first-order valence-electron chi connectivity index (χ1n) is 6.14. The molecule has 2 rings (SSSR count). The van der Waals surface area contributed by atoms with Crippen LogP contribution in [0.15, 0.2) is 10.3 Å². The highest BCUT2D eigenvalue weighted by Crippen LogP contribution is 2.34. The molecule has 0 aromatic carbocycles. The SMILES string of the molecule is Cc1csc(CCl)c1S(=O)(=O)N1CC(C)SC(C)C1. The first-order chi connectivity index (χ1) is 8.86. The van der Waals surface area contributed by atoms with Crippen LogP contribution in [0.1, 0.15) is 24.3 Å². The number of aryl methyl sites for hydroxylation is 1. The molecule has 108 valence electrons. The molecule has 0 spiro atoms. The van der Waals surface area contributed by atoms with Gasteiger partial charge in [0.1, 0.15) is 4.90 Å². The van der Waals surface area contributed by atoms with Gasteiger partial charge < -0.3 is 0 Å². The monoisotopic (exact) mass is 339 g/mol. The summed E-state index contributed by atoms with van der Waals surface area (Å²) in [7, 11) is -3.41. The zero-order valence-electron chi connectivity index (χ0n) is 11.2. The summed E-state index contributed by atoms with van der Waals surface area (Å²) in [5, 5.41) is 2.53. The van der Waals surface area contributed by atoms with Gasteiger partial charge in [0.25, 0.3) is 0 Å². The molecule has 1 fully saturated rings. The molecule has 7 heteroatoms. The van der Waals surface area contributed by atoms with Gasteiger partial charge in [0.05, 0.1) is 5.88 Å². The van der Waals surface area contributed by atoms with E-state index in [2.05, 4.69) is 13.8 Å². The Morgan fingerprint density at radius 1 is 1.37 bits per heavy atom. The number of sulfonamides is 1. The van der Waals surface area contributed by atoms with Crippen LogP contribution in [0.5, 0.6) is 0 Å². The molecule has 1 aromatic heterocycles. The third-order valence-corrected chi connectivity index (χ3v) is 8.04. The Morgan fingerprint density at radius 3 is 2.47 bits per heavy atom. The highest BCUT2D eigenvalue weighted by Gasteiger charge is 2.34. The molecule has 3 nitrogen and oxygen atoms in total. The van der Waals surface area contributed by atoms with E-state index in [9.17, 15) is 8.42 Å². The largest absolute Gasteiger partial charge is 0.244 e. The molecule has 0 bridgehead atoms. The Hall–Kier alpha value is 0.250. The standard InChI is InChI=1S/C12H18ClNO2S3/c1-8-7-17-11(4-13)12(8)19(15,16)14-5-9(2)18-10(3)6-14/h7,9-10H,4-6H2,1-3H3. The Labute approximate surface area is 128 Å². The quantitative estimate of drug-likeness (QED) is 0.793. The van der Waals surface area contributed by atoms with E-state index in [1.54, 1.807) is 4.31 Å². The molecule has 1 aliphatic rings. The molecule has 0 N–H and O–H groups in total. The van der Waals surface area contributed by atoms with Crippen LogP contribution < -0.4 is 0 Å². The summed E-state index contributed by atoms with van der Waals surface area (Å²) in [4.78, 5) is 1.18. The summed E-state index contributed by atoms with van der Waals surface area (Å²) in [5.41, 5.74) is 0.805. The van der Waals surface area contributed by atoms with Gasteiger partial charge >= 0.3 is 0 Å². The minimum Gasteiger partial charge on any atom is -0.207 e. The maximum atomic E-state index is 12.8. The summed E-state index contributed by atoms with van der Waals surface area (Å²) in [6, 6.07) is 0. The molecule has 1 aromatic rings. The van der Waals surface area contributed by atoms with Gasteiger partial charge in [-0.1, -0.05) is 13.8 Å². The Kier molecular flexibility index (Phi) is 4.88. The van der Waals surface area contributed by atoms with Crippen molar-refractivity contribution >= 4 is 44.7 Å². The summed E-state index contributed by atoms with van der Waals surface area (Å²) < 4.78 is 27.2. The second kappa shape index (κ2) is 5.93. The molecule has 0 aliphatic carbocycles. The van der Waals surface area contributed by atoms with Crippen molar-refractivity contribution in [3.05, 3.63) is 15.8 Å². The molecule has 19 heavy (non-hydrogen) atoms. The van der Waals surface area contributed by atoms with Crippen LogP contribution in [0.25, 0.3) is 0 Å². The fourth-order valence-electron chi connectivity index (χ4n) is 2.38. The average Bonchev–Trinajstić information content (AvgIpc) is 2.69. The molecule has 2 unspecified atom stereocenters. The normalized spacial score (nSPS) is 25.7. The summed E-state index contributed by atoms with van der Waals surface area (Å²) in [6.07, 6.45) is 0. The average molecular weight is 340 g/mol. The van der Waals surface area contributed by atoms with E-state index in [0.29, 0.717) is 28.5 Å². The molecule has 0 radical (unpaired) electrons. The van der Waals surface area contributed by atoms with Gasteiger partial charge in [0, 0.05) is 28.5 Å². The van der Waals surface area contributed by atoms with Crippen molar-refractivity contribution in [1.82, 2.24) is 4.31 Å². The number of nitrogens with zero attached hydrogens (tertiary/aromatic N) is 1. The van der Waals surface area contributed by atoms with Crippen molar-refractivity contribution in [1.29, 1.82) is 0 Å². The lowest BCUT2D eigenvalue weighted by Crippen LogP contribution is -2.44. The molecule has 0 amide bonds. The highest BCUT2D eigenvalue weighted by molar-refractivity contribution is 8.00. The third kappa shape index (κ3) is 3.13. The molecule has 2 atom stereocenters. The van der Waals surface area contributed by atoms with E-state index >= 15 is 0 Å². The van der Waals surface area contributed by atoms with Crippen LogP contribution >= 0.6 is 34.7 Å². The summed E-state index contributed by atoms with van der Waals surface area (Å²) in [6.45, 7) is 7.14. The predicted octanol–water partition coefficient (Wildman–Crippen LogP) is 3.31. The van der Waals surface area contributed by atoms with Crippen molar-refractivity contribution in [3.8, 4) is 0 Å². The van der Waals surface area contributed by atoms with Gasteiger partial charge in [-0.3, -0.25) is 0 Å². The van der Waals surface area contributed by atoms with Crippen LogP contribution in [0, 0.1) is 6.92 Å². The van der Waals surface area contributed by atoms with Gasteiger partial charge in [0.2, 0.25) is 10.0 Å². The number of alkyl halides is 1. The van der Waals surface area contributed by atoms with Crippen molar-refractivity contribution in [2.24, 2.45) is 0 Å². The van der Waals surface area contributed by atoms with Gasteiger partial charge in [-0.15, -0.1) is 22.9 Å². The van der Waals surface area contributed by atoms with Gasteiger partial charge in [-0.25, -0.2) is 8.42 Å².